The number of rotatable bonds is 6. The van der Waals surface area contributed by atoms with E-state index in [4.69, 9.17) is 5.11 Å². The van der Waals surface area contributed by atoms with Gasteiger partial charge in [-0.3, -0.25) is 4.79 Å². The molecular weight excluding hydrogens is 166 g/mol. The van der Waals surface area contributed by atoms with Crippen LogP contribution in [0.3, 0.4) is 0 Å². The van der Waals surface area contributed by atoms with Crippen molar-refractivity contribution in [2.45, 2.75) is 45.1 Å². The van der Waals surface area contributed by atoms with Crippen molar-refractivity contribution in [2.75, 3.05) is 13.2 Å². The second kappa shape index (κ2) is 5.22. The number of hydrogen-bond acceptors (Lipinski definition) is 2. The van der Waals surface area contributed by atoms with Gasteiger partial charge in [0.15, 0.2) is 0 Å². The first-order valence-corrected chi connectivity index (χ1v) is 5.20. The zero-order valence-electron chi connectivity index (χ0n) is 8.33. The summed E-state index contributed by atoms with van der Waals surface area (Å²) in [4.78, 5) is 13.4. The van der Waals surface area contributed by atoms with Crippen LogP contribution in [0.25, 0.3) is 0 Å². The number of unbranched alkanes of at least 4 members (excludes halogenated alkanes) is 1. The lowest BCUT2D eigenvalue weighted by atomic mass is 10.2. The highest BCUT2D eigenvalue weighted by Crippen LogP contribution is 2.27. The van der Waals surface area contributed by atoms with Crippen molar-refractivity contribution in [3.63, 3.8) is 0 Å². The fourth-order valence-electron chi connectivity index (χ4n) is 1.48. The van der Waals surface area contributed by atoms with E-state index in [1.165, 1.54) is 0 Å². The van der Waals surface area contributed by atoms with E-state index in [2.05, 4.69) is 6.92 Å². The number of nitrogens with zero attached hydrogens (tertiary/aromatic N) is 1. The first-order chi connectivity index (χ1) is 6.29. The molecule has 0 bridgehead atoms. The molecular formula is C10H19NO2. The SMILES string of the molecule is CCCCC(=O)N(CCO)C1CC1. The summed E-state index contributed by atoms with van der Waals surface area (Å²) in [6.07, 6.45) is 4.92. The molecule has 0 aliphatic heterocycles. The number of aliphatic hydroxyl groups excluding tert-OH is 1. The van der Waals surface area contributed by atoms with Crippen LogP contribution in [-0.4, -0.2) is 35.1 Å². The monoisotopic (exact) mass is 185 g/mol. The van der Waals surface area contributed by atoms with E-state index in [-0.39, 0.29) is 12.5 Å². The summed E-state index contributed by atoms with van der Waals surface area (Å²) in [5.41, 5.74) is 0. The molecule has 13 heavy (non-hydrogen) atoms. The largest absolute Gasteiger partial charge is 0.395 e. The van der Waals surface area contributed by atoms with Crippen LogP contribution < -0.4 is 0 Å². The Bertz CT molecular complexity index is 166. The van der Waals surface area contributed by atoms with Crippen LogP contribution in [-0.2, 0) is 4.79 Å². The van der Waals surface area contributed by atoms with Crippen molar-refractivity contribution in [1.29, 1.82) is 0 Å². The zero-order valence-corrected chi connectivity index (χ0v) is 8.33. The molecule has 0 radical (unpaired) electrons. The molecule has 1 aliphatic rings. The normalized spacial score (nSPS) is 15.8. The molecule has 3 nitrogen and oxygen atoms in total. The van der Waals surface area contributed by atoms with Crippen LogP contribution in [0.5, 0.6) is 0 Å². The lowest BCUT2D eigenvalue weighted by molar-refractivity contribution is -0.132. The van der Waals surface area contributed by atoms with Gasteiger partial charge in [-0.25, -0.2) is 0 Å². The molecule has 0 aromatic heterocycles. The van der Waals surface area contributed by atoms with Crippen LogP contribution in [0.2, 0.25) is 0 Å². The smallest absolute Gasteiger partial charge is 0.222 e. The topological polar surface area (TPSA) is 40.5 Å². The van der Waals surface area contributed by atoms with E-state index in [1.807, 2.05) is 4.90 Å². The van der Waals surface area contributed by atoms with Crippen LogP contribution >= 0.6 is 0 Å². The number of aliphatic hydroxyl groups is 1. The van der Waals surface area contributed by atoms with E-state index in [0.29, 0.717) is 19.0 Å². The highest BCUT2D eigenvalue weighted by Gasteiger charge is 2.31. The third-order valence-electron chi connectivity index (χ3n) is 2.39. The maximum atomic E-state index is 11.6. The van der Waals surface area contributed by atoms with Gasteiger partial charge in [0.2, 0.25) is 5.91 Å². The minimum Gasteiger partial charge on any atom is -0.395 e. The first kappa shape index (κ1) is 10.5. The zero-order chi connectivity index (χ0) is 9.68. The van der Waals surface area contributed by atoms with E-state index in [1.54, 1.807) is 0 Å². The highest BCUT2D eigenvalue weighted by atomic mass is 16.3. The Morgan fingerprint density at radius 2 is 2.23 bits per heavy atom. The van der Waals surface area contributed by atoms with Gasteiger partial charge in [0.05, 0.1) is 6.61 Å². The van der Waals surface area contributed by atoms with Crippen LogP contribution in [0, 0.1) is 0 Å². The van der Waals surface area contributed by atoms with Crippen LogP contribution in [0.4, 0.5) is 0 Å². The molecule has 0 aromatic carbocycles. The maximum absolute atomic E-state index is 11.6. The molecule has 0 atom stereocenters. The quantitative estimate of drug-likeness (QED) is 0.674. The van der Waals surface area contributed by atoms with Gasteiger partial charge in [-0.1, -0.05) is 13.3 Å². The second-order valence-corrected chi connectivity index (χ2v) is 3.65. The minimum atomic E-state index is 0.0916. The van der Waals surface area contributed by atoms with Crippen LogP contribution in [0.15, 0.2) is 0 Å². The molecule has 0 aromatic rings. The summed E-state index contributed by atoms with van der Waals surface area (Å²) in [5.74, 6) is 0.221. The van der Waals surface area contributed by atoms with Crippen molar-refractivity contribution >= 4 is 5.91 Å². The number of amides is 1. The van der Waals surface area contributed by atoms with Crippen molar-refractivity contribution in [1.82, 2.24) is 4.90 Å². The maximum Gasteiger partial charge on any atom is 0.222 e. The van der Waals surface area contributed by atoms with Gasteiger partial charge in [-0.2, -0.15) is 0 Å². The van der Waals surface area contributed by atoms with Gasteiger partial charge < -0.3 is 10.0 Å². The molecule has 1 N–H and O–H groups in total. The average molecular weight is 185 g/mol. The predicted octanol–water partition coefficient (Wildman–Crippen LogP) is 1.16. The van der Waals surface area contributed by atoms with E-state index >= 15 is 0 Å². The van der Waals surface area contributed by atoms with Gasteiger partial charge in [-0.15, -0.1) is 0 Å². The Balaban J connectivity index is 2.29. The molecule has 1 amide bonds. The average Bonchev–Trinajstić information content (AvgIpc) is 2.93. The number of hydrogen-bond donors (Lipinski definition) is 1. The predicted molar refractivity (Wildman–Crippen MR) is 51.3 cm³/mol. The molecule has 1 rings (SSSR count). The summed E-state index contributed by atoms with van der Waals surface area (Å²) in [5, 5.41) is 8.79. The molecule has 0 unspecified atom stereocenters. The van der Waals surface area contributed by atoms with E-state index in [9.17, 15) is 4.79 Å². The van der Waals surface area contributed by atoms with E-state index in [0.717, 1.165) is 25.7 Å². The Kier molecular flexibility index (Phi) is 4.22. The van der Waals surface area contributed by atoms with Crippen molar-refractivity contribution in [3.8, 4) is 0 Å². The summed E-state index contributed by atoms with van der Waals surface area (Å²) in [6.45, 7) is 2.70. The summed E-state index contributed by atoms with van der Waals surface area (Å²) in [6, 6.07) is 0.441. The lowest BCUT2D eigenvalue weighted by Crippen LogP contribution is -2.35. The highest BCUT2D eigenvalue weighted by molar-refractivity contribution is 5.76. The van der Waals surface area contributed by atoms with Gasteiger partial charge in [0.1, 0.15) is 0 Å². The molecule has 3 heteroatoms. The van der Waals surface area contributed by atoms with E-state index < -0.39 is 0 Å². The summed E-state index contributed by atoms with van der Waals surface area (Å²) >= 11 is 0. The molecule has 1 aliphatic carbocycles. The fraction of sp³-hybridized carbons (Fsp3) is 0.900. The van der Waals surface area contributed by atoms with Crippen molar-refractivity contribution in [3.05, 3.63) is 0 Å². The standard InChI is InChI=1S/C10H19NO2/c1-2-3-4-10(13)11(7-8-12)9-5-6-9/h9,12H,2-8H2,1H3. The fourth-order valence-corrected chi connectivity index (χ4v) is 1.48. The van der Waals surface area contributed by atoms with Gasteiger partial charge >= 0.3 is 0 Å². The van der Waals surface area contributed by atoms with Crippen molar-refractivity contribution in [2.24, 2.45) is 0 Å². The van der Waals surface area contributed by atoms with Crippen molar-refractivity contribution < 1.29 is 9.90 Å². The van der Waals surface area contributed by atoms with Gasteiger partial charge in [0.25, 0.3) is 0 Å². The summed E-state index contributed by atoms with van der Waals surface area (Å²) < 4.78 is 0. The molecule has 0 saturated heterocycles. The molecule has 0 spiro atoms. The van der Waals surface area contributed by atoms with Gasteiger partial charge in [0, 0.05) is 19.0 Å². The van der Waals surface area contributed by atoms with Crippen LogP contribution in [0.1, 0.15) is 39.0 Å². The minimum absolute atomic E-state index is 0.0916. The molecule has 0 heterocycles. The molecule has 1 fully saturated rings. The molecule has 1 saturated carbocycles. The third kappa shape index (κ3) is 3.35. The Morgan fingerprint density at radius 3 is 2.69 bits per heavy atom. The third-order valence-corrected chi connectivity index (χ3v) is 2.39. The Hall–Kier alpha value is -0.570. The number of carbonyl (C=O) groups excluding carboxylic acids is 1. The molecule has 76 valence electrons. The first-order valence-electron chi connectivity index (χ1n) is 5.20. The lowest BCUT2D eigenvalue weighted by Gasteiger charge is -2.21. The summed E-state index contributed by atoms with van der Waals surface area (Å²) in [7, 11) is 0. The number of carbonyl (C=O) groups is 1. The second-order valence-electron chi connectivity index (χ2n) is 3.65. The Morgan fingerprint density at radius 1 is 1.54 bits per heavy atom. The van der Waals surface area contributed by atoms with Gasteiger partial charge in [-0.05, 0) is 19.3 Å². The Labute approximate surface area is 79.7 Å².